The fraction of sp³-hybridized carbons (Fsp3) is 0.786. The number of aryl methyl sites for hydroxylation is 1. The molecule has 1 aromatic rings. The Balaban J connectivity index is 2.49. The first kappa shape index (κ1) is 15.6. The van der Waals surface area contributed by atoms with Crippen LogP contribution in [0.3, 0.4) is 0 Å². The van der Waals surface area contributed by atoms with E-state index in [4.69, 9.17) is 0 Å². The number of rotatable bonds is 8. The van der Waals surface area contributed by atoms with E-state index in [0.29, 0.717) is 5.92 Å². The summed E-state index contributed by atoms with van der Waals surface area (Å²) in [6.07, 6.45) is 7.55. The number of nitrogens with zero attached hydrogens (tertiary/aromatic N) is 3. The molecule has 1 heterocycles. The molecular formula is C14H27N3S. The summed E-state index contributed by atoms with van der Waals surface area (Å²) < 4.78 is 1.88. The SMILES string of the molecule is CSC(C)CCN(Cc1cnn(C)c1)CC(C)C. The van der Waals surface area contributed by atoms with Crippen molar-refractivity contribution in [3.63, 3.8) is 0 Å². The Kier molecular flexibility index (Phi) is 6.79. The molecule has 0 fully saturated rings. The minimum atomic E-state index is 0.714. The van der Waals surface area contributed by atoms with E-state index in [9.17, 15) is 0 Å². The summed E-state index contributed by atoms with van der Waals surface area (Å²) in [5, 5.41) is 4.99. The van der Waals surface area contributed by atoms with Gasteiger partial charge in [0.25, 0.3) is 0 Å². The van der Waals surface area contributed by atoms with Crippen molar-refractivity contribution in [2.75, 3.05) is 19.3 Å². The third-order valence-corrected chi connectivity index (χ3v) is 4.08. The minimum Gasteiger partial charge on any atom is -0.299 e. The predicted octanol–water partition coefficient (Wildman–Crippen LogP) is 3.02. The average molecular weight is 269 g/mol. The maximum absolute atomic E-state index is 4.25. The Morgan fingerprint density at radius 1 is 1.39 bits per heavy atom. The summed E-state index contributed by atoms with van der Waals surface area (Å²) in [4.78, 5) is 2.55. The normalized spacial score (nSPS) is 13.5. The highest BCUT2D eigenvalue weighted by Gasteiger charge is 2.11. The maximum atomic E-state index is 4.25. The molecule has 0 radical (unpaired) electrons. The molecule has 1 atom stereocenters. The molecule has 0 amide bonds. The van der Waals surface area contributed by atoms with Gasteiger partial charge >= 0.3 is 0 Å². The lowest BCUT2D eigenvalue weighted by atomic mass is 10.2. The van der Waals surface area contributed by atoms with Crippen LogP contribution in [0.5, 0.6) is 0 Å². The Bertz CT molecular complexity index is 336. The molecule has 18 heavy (non-hydrogen) atoms. The second-order valence-corrected chi connectivity index (χ2v) is 6.76. The van der Waals surface area contributed by atoms with Crippen molar-refractivity contribution >= 4 is 11.8 Å². The van der Waals surface area contributed by atoms with Crippen molar-refractivity contribution < 1.29 is 0 Å². The smallest absolute Gasteiger partial charge is 0.0534 e. The molecule has 0 saturated heterocycles. The highest BCUT2D eigenvalue weighted by Crippen LogP contribution is 2.13. The van der Waals surface area contributed by atoms with Crippen LogP contribution in [0.2, 0.25) is 0 Å². The van der Waals surface area contributed by atoms with E-state index in [-0.39, 0.29) is 0 Å². The standard InChI is InChI=1S/C14H27N3S/c1-12(2)9-17(7-6-13(3)18-5)11-14-8-15-16(4)10-14/h8,10,12-13H,6-7,9,11H2,1-5H3. The highest BCUT2D eigenvalue weighted by atomic mass is 32.2. The molecule has 0 aliphatic rings. The van der Waals surface area contributed by atoms with Gasteiger partial charge in [-0.05, 0) is 25.1 Å². The van der Waals surface area contributed by atoms with Crippen molar-refractivity contribution in [1.82, 2.24) is 14.7 Å². The predicted molar refractivity (Wildman–Crippen MR) is 80.9 cm³/mol. The van der Waals surface area contributed by atoms with E-state index in [1.807, 2.05) is 29.7 Å². The van der Waals surface area contributed by atoms with Crippen molar-refractivity contribution in [1.29, 1.82) is 0 Å². The fourth-order valence-electron chi connectivity index (χ4n) is 2.05. The van der Waals surface area contributed by atoms with Crippen LogP contribution in [0.25, 0.3) is 0 Å². The number of hydrogen-bond donors (Lipinski definition) is 0. The topological polar surface area (TPSA) is 21.1 Å². The first-order chi connectivity index (χ1) is 8.51. The summed E-state index contributed by atoms with van der Waals surface area (Å²) in [5.74, 6) is 0.714. The van der Waals surface area contributed by atoms with Crippen molar-refractivity contribution in [3.8, 4) is 0 Å². The van der Waals surface area contributed by atoms with Crippen LogP contribution in [0, 0.1) is 5.92 Å². The molecule has 1 rings (SSSR count). The molecule has 0 saturated carbocycles. The van der Waals surface area contributed by atoms with Crippen molar-refractivity contribution in [3.05, 3.63) is 18.0 Å². The summed E-state index contributed by atoms with van der Waals surface area (Å²) in [5.41, 5.74) is 1.31. The van der Waals surface area contributed by atoms with Gasteiger partial charge in [0.05, 0.1) is 6.20 Å². The van der Waals surface area contributed by atoms with Gasteiger partial charge in [0.2, 0.25) is 0 Å². The summed E-state index contributed by atoms with van der Waals surface area (Å²) in [6.45, 7) is 10.2. The van der Waals surface area contributed by atoms with E-state index >= 15 is 0 Å². The minimum absolute atomic E-state index is 0.714. The zero-order chi connectivity index (χ0) is 13.5. The molecule has 4 heteroatoms. The van der Waals surface area contributed by atoms with Crippen molar-refractivity contribution in [2.45, 2.75) is 39.0 Å². The van der Waals surface area contributed by atoms with Crippen LogP contribution in [0.1, 0.15) is 32.8 Å². The van der Waals surface area contributed by atoms with E-state index in [0.717, 1.165) is 18.3 Å². The molecule has 3 nitrogen and oxygen atoms in total. The van der Waals surface area contributed by atoms with E-state index in [2.05, 4.69) is 43.2 Å². The fourth-order valence-corrected chi connectivity index (χ4v) is 2.39. The second-order valence-electron chi connectivity index (χ2n) is 5.49. The zero-order valence-corrected chi connectivity index (χ0v) is 13.2. The molecule has 104 valence electrons. The molecule has 1 unspecified atom stereocenters. The van der Waals surface area contributed by atoms with Crippen LogP contribution in [0.15, 0.2) is 12.4 Å². The van der Waals surface area contributed by atoms with Crippen LogP contribution in [-0.2, 0) is 13.6 Å². The van der Waals surface area contributed by atoms with Crippen molar-refractivity contribution in [2.24, 2.45) is 13.0 Å². The van der Waals surface area contributed by atoms with Gasteiger partial charge in [-0.3, -0.25) is 9.58 Å². The third-order valence-electron chi connectivity index (χ3n) is 3.04. The highest BCUT2D eigenvalue weighted by molar-refractivity contribution is 7.99. The number of hydrogen-bond acceptors (Lipinski definition) is 3. The van der Waals surface area contributed by atoms with Gasteiger partial charge < -0.3 is 0 Å². The van der Waals surface area contributed by atoms with Gasteiger partial charge in [0.15, 0.2) is 0 Å². The number of thioether (sulfide) groups is 1. The van der Waals surface area contributed by atoms with E-state index in [1.165, 1.54) is 18.5 Å². The molecule has 0 aliphatic carbocycles. The summed E-state index contributed by atoms with van der Waals surface area (Å²) in [7, 11) is 1.98. The van der Waals surface area contributed by atoms with E-state index in [1.54, 1.807) is 0 Å². The molecule has 0 aromatic carbocycles. The number of aromatic nitrogens is 2. The van der Waals surface area contributed by atoms with Gasteiger partial charge in [0, 0.05) is 37.1 Å². The van der Waals surface area contributed by atoms with Gasteiger partial charge in [-0.1, -0.05) is 20.8 Å². The van der Waals surface area contributed by atoms with Gasteiger partial charge in [-0.25, -0.2) is 0 Å². The quantitative estimate of drug-likeness (QED) is 0.724. The molecule has 0 aliphatic heterocycles. The van der Waals surface area contributed by atoms with Crippen LogP contribution in [-0.4, -0.2) is 39.3 Å². The van der Waals surface area contributed by atoms with Crippen LogP contribution in [0.4, 0.5) is 0 Å². The molecule has 0 spiro atoms. The first-order valence-corrected chi connectivity index (χ1v) is 8.02. The molecular weight excluding hydrogens is 242 g/mol. The molecule has 1 aromatic heterocycles. The first-order valence-electron chi connectivity index (χ1n) is 6.74. The monoisotopic (exact) mass is 269 g/mol. The van der Waals surface area contributed by atoms with Gasteiger partial charge in [-0.15, -0.1) is 0 Å². The second kappa shape index (κ2) is 7.85. The maximum Gasteiger partial charge on any atom is 0.0534 e. The lowest BCUT2D eigenvalue weighted by Crippen LogP contribution is -2.29. The van der Waals surface area contributed by atoms with Crippen LogP contribution < -0.4 is 0 Å². The van der Waals surface area contributed by atoms with Gasteiger partial charge in [0.1, 0.15) is 0 Å². The lowest BCUT2D eigenvalue weighted by molar-refractivity contribution is 0.233. The van der Waals surface area contributed by atoms with Crippen LogP contribution >= 0.6 is 11.8 Å². The summed E-state index contributed by atoms with van der Waals surface area (Å²) >= 11 is 1.95. The lowest BCUT2D eigenvalue weighted by Gasteiger charge is -2.24. The van der Waals surface area contributed by atoms with E-state index < -0.39 is 0 Å². The summed E-state index contributed by atoms with van der Waals surface area (Å²) in [6, 6.07) is 0. The zero-order valence-electron chi connectivity index (χ0n) is 12.4. The average Bonchev–Trinajstić information content (AvgIpc) is 2.70. The Hall–Kier alpha value is -0.480. The Labute approximate surface area is 116 Å². The largest absolute Gasteiger partial charge is 0.299 e. The third kappa shape index (κ3) is 5.91. The molecule has 0 N–H and O–H groups in total. The Morgan fingerprint density at radius 3 is 2.61 bits per heavy atom. The molecule has 0 bridgehead atoms. The van der Waals surface area contributed by atoms with Gasteiger partial charge in [-0.2, -0.15) is 16.9 Å². The Morgan fingerprint density at radius 2 is 2.11 bits per heavy atom.